The molecule has 2 atom stereocenters. The van der Waals surface area contributed by atoms with Crippen LogP contribution in [0.2, 0.25) is 0 Å². The number of hydrogen-bond donors (Lipinski definition) is 1. The second-order valence-corrected chi connectivity index (χ2v) is 6.74. The van der Waals surface area contributed by atoms with Crippen LogP contribution in [-0.2, 0) is 4.74 Å². The predicted octanol–water partition coefficient (Wildman–Crippen LogP) is 3.64. The average Bonchev–Trinajstić information content (AvgIpc) is 2.65. The van der Waals surface area contributed by atoms with Crippen LogP contribution in [0.25, 0.3) is 0 Å². The molecule has 0 saturated carbocycles. The van der Waals surface area contributed by atoms with Crippen molar-refractivity contribution in [3.63, 3.8) is 0 Å². The Balaban J connectivity index is 1.94. The molecule has 0 aromatic heterocycles. The molecule has 2 unspecified atom stereocenters. The maximum Gasteiger partial charge on any atom is 0.409 e. The van der Waals surface area contributed by atoms with E-state index in [1.165, 1.54) is 16.0 Å². The lowest BCUT2D eigenvalue weighted by atomic mass is 9.80. The standard InChI is InChI=1S/C21H26N2O2/c1-23(2)21(24)25-18-14-9-15-22-20(18)19(16-10-5-3-6-11-16)17-12-7-4-8-13-17/h3-8,10-13,18-20,22H,9,14-15H2,1-2H3. The molecule has 0 aliphatic carbocycles. The molecule has 1 N–H and O–H groups in total. The summed E-state index contributed by atoms with van der Waals surface area (Å²) in [6, 6.07) is 21.0. The zero-order valence-electron chi connectivity index (χ0n) is 14.9. The Bertz CT molecular complexity index is 633. The molecular formula is C21H26N2O2. The number of ether oxygens (including phenoxy) is 1. The third-order valence-electron chi connectivity index (χ3n) is 4.74. The first-order valence-corrected chi connectivity index (χ1v) is 8.88. The lowest BCUT2D eigenvalue weighted by Crippen LogP contribution is -2.51. The minimum absolute atomic E-state index is 0.0578. The van der Waals surface area contributed by atoms with Crippen molar-refractivity contribution < 1.29 is 9.53 Å². The smallest absolute Gasteiger partial charge is 0.409 e. The highest BCUT2D eigenvalue weighted by atomic mass is 16.6. The van der Waals surface area contributed by atoms with Gasteiger partial charge in [-0.05, 0) is 30.5 Å². The van der Waals surface area contributed by atoms with Gasteiger partial charge < -0.3 is 15.0 Å². The molecular weight excluding hydrogens is 312 g/mol. The number of nitrogens with one attached hydrogen (secondary N) is 1. The SMILES string of the molecule is CN(C)C(=O)OC1CCCNC1C(c1ccccc1)c1ccccc1. The second kappa shape index (κ2) is 8.17. The van der Waals surface area contributed by atoms with Crippen molar-refractivity contribution in [2.24, 2.45) is 0 Å². The van der Waals surface area contributed by atoms with E-state index in [0.717, 1.165) is 19.4 Å². The number of carbonyl (C=O) groups is 1. The van der Waals surface area contributed by atoms with E-state index in [2.05, 4.69) is 53.8 Å². The molecule has 1 heterocycles. The van der Waals surface area contributed by atoms with Crippen LogP contribution in [0.1, 0.15) is 29.9 Å². The third kappa shape index (κ3) is 4.20. The highest BCUT2D eigenvalue weighted by Gasteiger charge is 2.36. The van der Waals surface area contributed by atoms with E-state index in [-0.39, 0.29) is 24.2 Å². The van der Waals surface area contributed by atoms with E-state index in [1.54, 1.807) is 14.1 Å². The van der Waals surface area contributed by atoms with Gasteiger partial charge in [0.2, 0.25) is 0 Å². The van der Waals surface area contributed by atoms with Gasteiger partial charge in [0.15, 0.2) is 0 Å². The molecule has 0 bridgehead atoms. The normalized spacial score (nSPS) is 20.3. The Morgan fingerprint density at radius 1 is 1.04 bits per heavy atom. The summed E-state index contributed by atoms with van der Waals surface area (Å²) in [5, 5.41) is 3.61. The molecule has 2 aromatic carbocycles. The Kier molecular flexibility index (Phi) is 5.71. The number of carbonyl (C=O) groups excluding carboxylic acids is 1. The molecule has 4 heteroatoms. The first kappa shape index (κ1) is 17.5. The minimum atomic E-state index is -0.279. The Morgan fingerprint density at radius 3 is 2.12 bits per heavy atom. The van der Waals surface area contributed by atoms with Crippen LogP contribution < -0.4 is 5.32 Å². The van der Waals surface area contributed by atoms with Crippen molar-refractivity contribution in [3.8, 4) is 0 Å². The molecule has 25 heavy (non-hydrogen) atoms. The number of rotatable bonds is 4. The minimum Gasteiger partial charge on any atom is -0.444 e. The summed E-state index contributed by atoms with van der Waals surface area (Å²) >= 11 is 0. The summed E-state index contributed by atoms with van der Waals surface area (Å²) in [5.74, 6) is 0.141. The van der Waals surface area contributed by atoms with Crippen molar-refractivity contribution in [1.29, 1.82) is 0 Å². The molecule has 1 aliphatic rings. The van der Waals surface area contributed by atoms with Crippen molar-refractivity contribution in [1.82, 2.24) is 10.2 Å². The fourth-order valence-corrected chi connectivity index (χ4v) is 3.51. The number of amides is 1. The fourth-order valence-electron chi connectivity index (χ4n) is 3.51. The van der Waals surface area contributed by atoms with Crippen LogP contribution in [0.15, 0.2) is 60.7 Å². The summed E-state index contributed by atoms with van der Waals surface area (Å²) in [5.41, 5.74) is 2.47. The first-order valence-electron chi connectivity index (χ1n) is 8.88. The maximum absolute atomic E-state index is 12.1. The fraction of sp³-hybridized carbons (Fsp3) is 0.381. The summed E-state index contributed by atoms with van der Waals surface area (Å²) in [4.78, 5) is 13.6. The Morgan fingerprint density at radius 2 is 1.60 bits per heavy atom. The zero-order valence-corrected chi connectivity index (χ0v) is 14.9. The molecule has 0 radical (unpaired) electrons. The van der Waals surface area contributed by atoms with Gasteiger partial charge in [-0.3, -0.25) is 0 Å². The van der Waals surface area contributed by atoms with Gasteiger partial charge in [-0.15, -0.1) is 0 Å². The van der Waals surface area contributed by atoms with E-state index in [1.807, 2.05) is 12.1 Å². The van der Waals surface area contributed by atoms with Crippen LogP contribution in [0.5, 0.6) is 0 Å². The molecule has 1 aliphatic heterocycles. The molecule has 1 fully saturated rings. The molecule has 4 nitrogen and oxygen atoms in total. The first-order chi connectivity index (χ1) is 12.2. The molecule has 132 valence electrons. The molecule has 1 amide bonds. The van der Waals surface area contributed by atoms with Crippen LogP contribution in [-0.4, -0.2) is 43.8 Å². The maximum atomic E-state index is 12.1. The molecule has 3 rings (SSSR count). The van der Waals surface area contributed by atoms with Gasteiger partial charge in [-0.2, -0.15) is 0 Å². The average molecular weight is 338 g/mol. The lowest BCUT2D eigenvalue weighted by molar-refractivity contribution is 0.0349. The monoisotopic (exact) mass is 338 g/mol. The Hall–Kier alpha value is -2.33. The van der Waals surface area contributed by atoms with Crippen LogP contribution in [0.3, 0.4) is 0 Å². The quantitative estimate of drug-likeness (QED) is 0.925. The van der Waals surface area contributed by atoms with E-state index in [9.17, 15) is 4.79 Å². The molecule has 0 spiro atoms. The summed E-state index contributed by atoms with van der Waals surface area (Å²) in [6.07, 6.45) is 1.47. The van der Waals surface area contributed by atoms with Gasteiger partial charge in [0.05, 0.1) is 6.04 Å². The largest absolute Gasteiger partial charge is 0.444 e. The molecule has 1 saturated heterocycles. The van der Waals surface area contributed by atoms with Crippen molar-refractivity contribution in [2.45, 2.75) is 30.9 Å². The van der Waals surface area contributed by atoms with E-state index < -0.39 is 0 Å². The van der Waals surface area contributed by atoms with Crippen LogP contribution >= 0.6 is 0 Å². The lowest BCUT2D eigenvalue weighted by Gasteiger charge is -2.38. The van der Waals surface area contributed by atoms with E-state index >= 15 is 0 Å². The zero-order chi connectivity index (χ0) is 17.6. The second-order valence-electron chi connectivity index (χ2n) is 6.74. The van der Waals surface area contributed by atoms with Crippen molar-refractivity contribution >= 4 is 6.09 Å². The topological polar surface area (TPSA) is 41.6 Å². The van der Waals surface area contributed by atoms with Gasteiger partial charge in [0.25, 0.3) is 0 Å². The number of hydrogen-bond acceptors (Lipinski definition) is 3. The summed E-state index contributed by atoms with van der Waals surface area (Å²) < 4.78 is 5.81. The third-order valence-corrected chi connectivity index (χ3v) is 4.74. The van der Waals surface area contributed by atoms with Gasteiger partial charge in [-0.1, -0.05) is 60.7 Å². The number of nitrogens with zero attached hydrogens (tertiary/aromatic N) is 1. The van der Waals surface area contributed by atoms with Gasteiger partial charge >= 0.3 is 6.09 Å². The van der Waals surface area contributed by atoms with Gasteiger partial charge in [-0.25, -0.2) is 4.79 Å². The summed E-state index contributed by atoms with van der Waals surface area (Å²) in [7, 11) is 3.44. The van der Waals surface area contributed by atoms with Gasteiger partial charge in [0, 0.05) is 20.0 Å². The van der Waals surface area contributed by atoms with Crippen molar-refractivity contribution in [2.75, 3.05) is 20.6 Å². The highest BCUT2D eigenvalue weighted by Crippen LogP contribution is 2.33. The summed E-state index contributed by atoms with van der Waals surface area (Å²) in [6.45, 7) is 0.941. The number of benzene rings is 2. The highest BCUT2D eigenvalue weighted by molar-refractivity contribution is 5.67. The Labute approximate surface area is 149 Å². The van der Waals surface area contributed by atoms with Crippen molar-refractivity contribution in [3.05, 3.63) is 71.8 Å². The van der Waals surface area contributed by atoms with Gasteiger partial charge in [0.1, 0.15) is 6.10 Å². The van der Waals surface area contributed by atoms with E-state index in [0.29, 0.717) is 0 Å². The van der Waals surface area contributed by atoms with Crippen LogP contribution in [0.4, 0.5) is 4.79 Å². The van der Waals surface area contributed by atoms with E-state index in [4.69, 9.17) is 4.74 Å². The van der Waals surface area contributed by atoms with Crippen LogP contribution in [0, 0.1) is 0 Å². The molecule has 2 aromatic rings. The number of piperidine rings is 1. The predicted molar refractivity (Wildman–Crippen MR) is 99.7 cm³/mol.